The van der Waals surface area contributed by atoms with E-state index in [0.717, 1.165) is 18.4 Å². The molecule has 0 aromatic heterocycles. The van der Waals surface area contributed by atoms with Crippen LogP contribution in [0.5, 0.6) is 0 Å². The lowest BCUT2D eigenvalue weighted by molar-refractivity contribution is 0.184. The minimum atomic E-state index is -3.70. The zero-order valence-electron chi connectivity index (χ0n) is 12.5. The van der Waals surface area contributed by atoms with E-state index >= 15 is 0 Å². The van der Waals surface area contributed by atoms with Crippen molar-refractivity contribution in [2.24, 2.45) is 5.92 Å². The number of nitriles is 1. The van der Waals surface area contributed by atoms with Crippen molar-refractivity contribution in [3.05, 3.63) is 29.8 Å². The average molecular weight is 308 g/mol. The Morgan fingerprint density at radius 1 is 1.48 bits per heavy atom. The maximum atomic E-state index is 12.8. The van der Waals surface area contributed by atoms with Crippen LogP contribution in [0, 0.1) is 17.2 Å². The zero-order chi connectivity index (χ0) is 15.7. The molecule has 1 atom stereocenters. The maximum absolute atomic E-state index is 12.8. The van der Waals surface area contributed by atoms with Gasteiger partial charge in [0, 0.05) is 14.2 Å². The van der Waals surface area contributed by atoms with Crippen molar-refractivity contribution in [1.29, 1.82) is 5.26 Å². The monoisotopic (exact) mass is 308 g/mol. The Labute approximate surface area is 126 Å². The van der Waals surface area contributed by atoms with Gasteiger partial charge in [0.05, 0.1) is 17.6 Å². The fourth-order valence-corrected chi connectivity index (χ4v) is 3.99. The predicted molar refractivity (Wildman–Crippen MR) is 78.8 cm³/mol. The van der Waals surface area contributed by atoms with Crippen LogP contribution in [-0.4, -0.2) is 32.4 Å². The van der Waals surface area contributed by atoms with Crippen molar-refractivity contribution >= 4 is 10.0 Å². The minimum absolute atomic E-state index is 0.115. The van der Waals surface area contributed by atoms with E-state index in [4.69, 9.17) is 4.74 Å². The molecule has 0 bridgehead atoms. The van der Waals surface area contributed by atoms with Crippen molar-refractivity contribution in [3.8, 4) is 6.07 Å². The number of hydrogen-bond donors (Lipinski definition) is 0. The van der Waals surface area contributed by atoms with E-state index in [1.807, 2.05) is 6.07 Å². The Morgan fingerprint density at radius 3 is 2.67 bits per heavy atom. The van der Waals surface area contributed by atoms with E-state index in [1.54, 1.807) is 32.2 Å². The predicted octanol–water partition coefficient (Wildman–Crippen LogP) is 2.15. The topological polar surface area (TPSA) is 70.4 Å². The molecular weight excluding hydrogens is 288 g/mol. The van der Waals surface area contributed by atoms with Crippen molar-refractivity contribution < 1.29 is 13.2 Å². The molecule has 0 saturated heterocycles. The van der Waals surface area contributed by atoms with Crippen LogP contribution in [0.1, 0.15) is 25.3 Å². The lowest BCUT2D eigenvalue weighted by Gasteiger charge is -2.32. The largest absolute Gasteiger partial charge is 0.380 e. The molecule has 0 aliphatic heterocycles. The summed E-state index contributed by atoms with van der Waals surface area (Å²) in [4.78, 5) is 0.196. The highest BCUT2D eigenvalue weighted by Crippen LogP contribution is 2.43. The van der Waals surface area contributed by atoms with E-state index in [0.29, 0.717) is 6.61 Å². The third kappa shape index (κ3) is 2.95. The summed E-state index contributed by atoms with van der Waals surface area (Å²) >= 11 is 0. The second-order valence-corrected chi connectivity index (χ2v) is 7.56. The van der Waals surface area contributed by atoms with Crippen LogP contribution < -0.4 is 0 Å². The zero-order valence-corrected chi connectivity index (χ0v) is 13.4. The molecule has 1 saturated carbocycles. The van der Waals surface area contributed by atoms with Crippen LogP contribution in [-0.2, 0) is 21.4 Å². The third-order valence-electron chi connectivity index (χ3n) is 4.12. The fourth-order valence-electron chi connectivity index (χ4n) is 2.43. The molecule has 0 N–H and O–H groups in total. The number of nitrogens with zero attached hydrogens (tertiary/aromatic N) is 2. The number of sulfonamides is 1. The number of ether oxygens (including phenoxy) is 1. The first kappa shape index (κ1) is 16.0. The first-order valence-corrected chi connectivity index (χ1v) is 8.28. The van der Waals surface area contributed by atoms with Crippen LogP contribution in [0.3, 0.4) is 0 Å². The highest BCUT2D eigenvalue weighted by molar-refractivity contribution is 7.89. The van der Waals surface area contributed by atoms with E-state index < -0.39 is 15.6 Å². The molecule has 0 unspecified atom stereocenters. The lowest BCUT2D eigenvalue weighted by Crippen LogP contribution is -2.47. The Hall–Kier alpha value is -1.42. The second-order valence-electron chi connectivity index (χ2n) is 5.59. The number of rotatable bonds is 6. The molecule has 0 spiro atoms. The summed E-state index contributed by atoms with van der Waals surface area (Å²) in [5.74, 6) is 0.115. The molecule has 0 heterocycles. The Balaban J connectivity index is 2.37. The summed E-state index contributed by atoms with van der Waals surface area (Å²) in [5.41, 5.74) is -0.201. The van der Waals surface area contributed by atoms with Crippen LogP contribution in [0.4, 0.5) is 0 Å². The molecule has 1 fully saturated rings. The van der Waals surface area contributed by atoms with Gasteiger partial charge in [-0.25, -0.2) is 8.42 Å². The van der Waals surface area contributed by atoms with E-state index in [9.17, 15) is 13.7 Å². The molecule has 1 aliphatic rings. The van der Waals surface area contributed by atoms with Gasteiger partial charge in [0.1, 0.15) is 5.54 Å². The number of hydrogen-bond acceptors (Lipinski definition) is 4. The van der Waals surface area contributed by atoms with Gasteiger partial charge in [-0.1, -0.05) is 12.1 Å². The summed E-state index contributed by atoms with van der Waals surface area (Å²) in [6, 6.07) is 8.83. The molecule has 114 valence electrons. The van der Waals surface area contributed by atoms with Crippen molar-refractivity contribution in [1.82, 2.24) is 4.31 Å². The Bertz CT molecular complexity index is 662. The molecule has 2 rings (SSSR count). The van der Waals surface area contributed by atoms with Gasteiger partial charge in [-0.3, -0.25) is 0 Å². The van der Waals surface area contributed by atoms with Gasteiger partial charge in [0.2, 0.25) is 10.0 Å². The quantitative estimate of drug-likeness (QED) is 0.807. The summed E-state index contributed by atoms with van der Waals surface area (Å²) in [6.07, 6.45) is 1.79. The van der Waals surface area contributed by atoms with Crippen LogP contribution in [0.25, 0.3) is 0 Å². The number of benzene rings is 1. The summed E-state index contributed by atoms with van der Waals surface area (Å²) in [5, 5.41) is 9.44. The van der Waals surface area contributed by atoms with Gasteiger partial charge in [0.15, 0.2) is 0 Å². The summed E-state index contributed by atoms with van der Waals surface area (Å²) < 4.78 is 31.8. The van der Waals surface area contributed by atoms with Gasteiger partial charge >= 0.3 is 0 Å². The van der Waals surface area contributed by atoms with Gasteiger partial charge in [-0.05, 0) is 43.4 Å². The van der Waals surface area contributed by atoms with E-state index in [-0.39, 0.29) is 10.8 Å². The van der Waals surface area contributed by atoms with Gasteiger partial charge in [0.25, 0.3) is 0 Å². The minimum Gasteiger partial charge on any atom is -0.380 e. The molecule has 0 amide bonds. The van der Waals surface area contributed by atoms with Crippen molar-refractivity contribution in [2.45, 2.75) is 36.8 Å². The summed E-state index contributed by atoms with van der Waals surface area (Å²) in [6.45, 7) is 2.05. The van der Waals surface area contributed by atoms with Crippen LogP contribution >= 0.6 is 0 Å². The second kappa shape index (κ2) is 5.76. The molecule has 1 aliphatic carbocycles. The smallest absolute Gasteiger partial charge is 0.244 e. The van der Waals surface area contributed by atoms with Gasteiger partial charge in [-0.15, -0.1) is 0 Å². The van der Waals surface area contributed by atoms with Gasteiger partial charge in [-0.2, -0.15) is 9.57 Å². The lowest BCUT2D eigenvalue weighted by atomic mass is 9.99. The SMILES string of the molecule is COCc1cccc(S(=O)(=O)N(C)[C@@](C)(C#N)C2CC2)c1. The molecule has 6 heteroatoms. The van der Waals surface area contributed by atoms with E-state index in [1.165, 1.54) is 11.4 Å². The first-order valence-electron chi connectivity index (χ1n) is 6.84. The summed E-state index contributed by atoms with van der Waals surface area (Å²) in [7, 11) is -0.651. The molecule has 21 heavy (non-hydrogen) atoms. The molecule has 5 nitrogen and oxygen atoms in total. The first-order chi connectivity index (χ1) is 9.86. The normalized spacial score (nSPS) is 18.2. The molecular formula is C15H20N2O3S. The number of methoxy groups -OCH3 is 1. The van der Waals surface area contributed by atoms with Crippen molar-refractivity contribution in [2.75, 3.05) is 14.2 Å². The highest BCUT2D eigenvalue weighted by atomic mass is 32.2. The fraction of sp³-hybridized carbons (Fsp3) is 0.533. The van der Waals surface area contributed by atoms with E-state index in [2.05, 4.69) is 6.07 Å². The highest BCUT2D eigenvalue weighted by Gasteiger charge is 2.49. The van der Waals surface area contributed by atoms with Crippen LogP contribution in [0.15, 0.2) is 29.2 Å². The van der Waals surface area contributed by atoms with Crippen LogP contribution in [0.2, 0.25) is 0 Å². The Kier molecular flexibility index (Phi) is 4.38. The Morgan fingerprint density at radius 2 is 2.14 bits per heavy atom. The maximum Gasteiger partial charge on any atom is 0.244 e. The molecule has 1 aromatic carbocycles. The van der Waals surface area contributed by atoms with Crippen molar-refractivity contribution in [3.63, 3.8) is 0 Å². The van der Waals surface area contributed by atoms with Gasteiger partial charge < -0.3 is 4.74 Å². The standard InChI is InChI=1S/C15H20N2O3S/c1-15(11-16,13-7-8-13)17(2)21(18,19)14-6-4-5-12(9-14)10-20-3/h4-6,9,13H,7-8,10H2,1-3H3/t15-/m0/s1. The molecule has 1 aromatic rings. The average Bonchev–Trinajstić information content (AvgIpc) is 3.31. The third-order valence-corrected chi connectivity index (χ3v) is 6.07. The molecule has 0 radical (unpaired) electrons.